The fourth-order valence-corrected chi connectivity index (χ4v) is 6.72. The van der Waals surface area contributed by atoms with Gasteiger partial charge in [-0.15, -0.1) is 23.1 Å². The zero-order valence-corrected chi connectivity index (χ0v) is 24.0. The van der Waals surface area contributed by atoms with Crippen molar-refractivity contribution in [1.82, 2.24) is 15.2 Å². The van der Waals surface area contributed by atoms with Crippen LogP contribution in [0.2, 0.25) is 0 Å². The van der Waals surface area contributed by atoms with Crippen LogP contribution in [0.4, 0.5) is 14.3 Å². The third-order valence-corrected chi connectivity index (χ3v) is 9.02. The number of hydrogen-bond acceptors (Lipinski definition) is 7. The van der Waals surface area contributed by atoms with E-state index in [4.69, 9.17) is 4.74 Å². The summed E-state index contributed by atoms with van der Waals surface area (Å²) >= 11 is 2.63. The second-order valence-electron chi connectivity index (χ2n) is 10.1. The van der Waals surface area contributed by atoms with Gasteiger partial charge in [0.2, 0.25) is 5.91 Å². The number of benzene rings is 3. The maximum absolute atomic E-state index is 14.1. The minimum absolute atomic E-state index is 0.0436. The molecule has 0 bridgehead atoms. The molecule has 8 nitrogen and oxygen atoms in total. The molecule has 42 heavy (non-hydrogen) atoms. The fraction of sp³-hybridized carbons (Fsp3) is 0.226. The summed E-state index contributed by atoms with van der Waals surface area (Å²) in [6, 6.07) is 21.9. The molecule has 6 rings (SSSR count). The number of rotatable bonds is 8. The Morgan fingerprint density at radius 2 is 1.79 bits per heavy atom. The molecular weight excluding hydrogens is 575 g/mol. The number of aromatic nitrogens is 1. The Hall–Kier alpha value is -4.22. The molecule has 11 heteroatoms. The van der Waals surface area contributed by atoms with Crippen molar-refractivity contribution < 1.29 is 23.5 Å². The van der Waals surface area contributed by atoms with Crippen LogP contribution in [0.1, 0.15) is 39.7 Å². The lowest BCUT2D eigenvalue weighted by atomic mass is 10.1. The Kier molecular flexibility index (Phi) is 8.20. The van der Waals surface area contributed by atoms with E-state index in [-0.39, 0.29) is 18.6 Å². The minimum Gasteiger partial charge on any atom is -0.444 e. The number of anilines is 1. The Morgan fingerprint density at radius 1 is 1.00 bits per heavy atom. The molecule has 3 aromatic carbocycles. The van der Waals surface area contributed by atoms with Crippen molar-refractivity contribution in [2.45, 2.75) is 36.9 Å². The summed E-state index contributed by atoms with van der Waals surface area (Å²) in [5, 5.41) is 7.41. The number of nitrogens with zero attached hydrogens (tertiary/aromatic N) is 2. The second kappa shape index (κ2) is 12.3. The number of carbonyl (C=O) groups excluding carboxylic acids is 3. The molecule has 1 saturated carbocycles. The van der Waals surface area contributed by atoms with Gasteiger partial charge in [0.25, 0.3) is 5.91 Å². The highest BCUT2D eigenvalue weighted by Crippen LogP contribution is 2.42. The van der Waals surface area contributed by atoms with Gasteiger partial charge in [0.1, 0.15) is 23.8 Å². The molecule has 1 saturated heterocycles. The molecule has 0 spiro atoms. The number of nitrogens with one attached hydrogen (secondary N) is 2. The quantitative estimate of drug-likeness (QED) is 0.248. The fourth-order valence-electron chi connectivity index (χ4n) is 4.58. The molecule has 2 N–H and O–H groups in total. The Morgan fingerprint density at radius 3 is 2.52 bits per heavy atom. The maximum atomic E-state index is 14.1. The maximum Gasteiger partial charge on any atom is 0.412 e. The van der Waals surface area contributed by atoms with Gasteiger partial charge >= 0.3 is 6.09 Å². The molecule has 4 aromatic rings. The van der Waals surface area contributed by atoms with Crippen LogP contribution in [0.3, 0.4) is 0 Å². The average Bonchev–Trinajstić information content (AvgIpc) is 3.50. The van der Waals surface area contributed by atoms with E-state index in [0.29, 0.717) is 27.7 Å². The summed E-state index contributed by atoms with van der Waals surface area (Å²) in [7, 11) is 0. The van der Waals surface area contributed by atoms with E-state index in [0.717, 1.165) is 24.0 Å². The lowest BCUT2D eigenvalue weighted by Gasteiger charge is -2.28. The van der Waals surface area contributed by atoms with Crippen molar-refractivity contribution >= 4 is 46.1 Å². The zero-order valence-electron chi connectivity index (χ0n) is 22.4. The molecule has 0 radical (unpaired) electrons. The van der Waals surface area contributed by atoms with E-state index >= 15 is 0 Å². The standard InChI is InChI=1S/C31H27FN4O4S2/c32-23-8-4-7-22(15-23)29-36(31(39)40-16-19-5-2-1-3-6-19)26(18-41-29)28(38)35-30-34-25(17-42-30)20-9-11-21(12-10-20)27(37)33-24-13-14-24/h1-12,15,17,24,26,29H,13-14,16,18H2,(H,33,37)(H,34,35,38)/t26?,29-/m1/s1. The third-order valence-electron chi connectivity index (χ3n) is 6.94. The largest absolute Gasteiger partial charge is 0.444 e. The number of carbonyl (C=O) groups is 3. The van der Waals surface area contributed by atoms with Crippen LogP contribution in [-0.4, -0.2) is 45.6 Å². The number of halogens is 1. The number of hydrogen-bond donors (Lipinski definition) is 2. The molecule has 1 aromatic heterocycles. The van der Waals surface area contributed by atoms with E-state index in [1.807, 2.05) is 47.8 Å². The first-order valence-electron chi connectivity index (χ1n) is 13.5. The Balaban J connectivity index is 1.15. The molecular formula is C31H27FN4O4S2. The highest BCUT2D eigenvalue weighted by Gasteiger charge is 2.43. The Labute approximate surface area is 250 Å². The number of thiazole rings is 1. The van der Waals surface area contributed by atoms with Crippen molar-refractivity contribution in [1.29, 1.82) is 0 Å². The van der Waals surface area contributed by atoms with Gasteiger partial charge in [-0.05, 0) is 48.2 Å². The summed E-state index contributed by atoms with van der Waals surface area (Å²) in [5.41, 5.74) is 3.43. The molecule has 2 heterocycles. The van der Waals surface area contributed by atoms with Crippen molar-refractivity contribution in [3.05, 3.63) is 107 Å². The summed E-state index contributed by atoms with van der Waals surface area (Å²) in [4.78, 5) is 45.0. The van der Waals surface area contributed by atoms with Crippen LogP contribution in [0.25, 0.3) is 11.3 Å². The van der Waals surface area contributed by atoms with Gasteiger partial charge in [0, 0.05) is 28.3 Å². The summed E-state index contributed by atoms with van der Waals surface area (Å²) in [6.07, 6.45) is 1.38. The number of thioether (sulfide) groups is 1. The van der Waals surface area contributed by atoms with E-state index in [1.165, 1.54) is 40.1 Å². The predicted molar refractivity (Wildman–Crippen MR) is 161 cm³/mol. The summed E-state index contributed by atoms with van der Waals surface area (Å²) < 4.78 is 19.7. The van der Waals surface area contributed by atoms with Crippen LogP contribution in [0, 0.1) is 5.82 Å². The highest BCUT2D eigenvalue weighted by atomic mass is 32.2. The number of amides is 3. The molecule has 214 valence electrons. The molecule has 1 unspecified atom stereocenters. The SMILES string of the molecule is O=C(NC1CC1)c1ccc(-c2csc(NC(=O)C3CS[C@H](c4cccc(F)c4)N3C(=O)OCc3ccccc3)n2)cc1. The molecule has 1 aliphatic carbocycles. The van der Waals surface area contributed by atoms with Gasteiger partial charge < -0.3 is 15.4 Å². The van der Waals surface area contributed by atoms with Crippen LogP contribution in [0.5, 0.6) is 0 Å². The summed E-state index contributed by atoms with van der Waals surface area (Å²) in [6.45, 7) is 0.0436. The lowest BCUT2D eigenvalue weighted by Crippen LogP contribution is -2.45. The van der Waals surface area contributed by atoms with Gasteiger partial charge in [-0.2, -0.15) is 0 Å². The van der Waals surface area contributed by atoms with E-state index < -0.39 is 29.2 Å². The van der Waals surface area contributed by atoms with Crippen LogP contribution in [-0.2, 0) is 16.1 Å². The van der Waals surface area contributed by atoms with Crippen LogP contribution in [0.15, 0.2) is 84.2 Å². The second-order valence-corrected chi connectivity index (χ2v) is 12.0. The van der Waals surface area contributed by atoms with Gasteiger partial charge in [-0.3, -0.25) is 14.5 Å². The van der Waals surface area contributed by atoms with Crippen molar-refractivity contribution in [3.8, 4) is 11.3 Å². The van der Waals surface area contributed by atoms with E-state index in [9.17, 15) is 18.8 Å². The number of ether oxygens (including phenoxy) is 1. The van der Waals surface area contributed by atoms with Crippen molar-refractivity contribution in [2.75, 3.05) is 11.1 Å². The lowest BCUT2D eigenvalue weighted by molar-refractivity contribution is -0.120. The molecule has 3 amide bonds. The van der Waals surface area contributed by atoms with Crippen LogP contribution >= 0.6 is 23.1 Å². The monoisotopic (exact) mass is 602 g/mol. The van der Waals surface area contributed by atoms with Gasteiger partial charge in [0.05, 0.1) is 5.69 Å². The molecule has 2 atom stereocenters. The normalized spacial score (nSPS) is 18.0. The third kappa shape index (κ3) is 6.47. The van der Waals surface area contributed by atoms with E-state index in [1.54, 1.807) is 24.3 Å². The van der Waals surface area contributed by atoms with Crippen molar-refractivity contribution in [2.24, 2.45) is 0 Å². The first kappa shape index (κ1) is 27.9. The van der Waals surface area contributed by atoms with E-state index in [2.05, 4.69) is 15.6 Å². The smallest absolute Gasteiger partial charge is 0.412 e. The molecule has 1 aliphatic heterocycles. The summed E-state index contributed by atoms with van der Waals surface area (Å²) in [5.74, 6) is -0.625. The van der Waals surface area contributed by atoms with Gasteiger partial charge in [0.15, 0.2) is 5.13 Å². The predicted octanol–water partition coefficient (Wildman–Crippen LogP) is 6.23. The van der Waals surface area contributed by atoms with Crippen LogP contribution < -0.4 is 10.6 Å². The van der Waals surface area contributed by atoms with Gasteiger partial charge in [-0.1, -0.05) is 54.6 Å². The Bertz CT molecular complexity index is 1590. The molecule has 2 fully saturated rings. The topological polar surface area (TPSA) is 101 Å². The first-order chi connectivity index (χ1) is 20.4. The highest BCUT2D eigenvalue weighted by molar-refractivity contribution is 7.99. The first-order valence-corrected chi connectivity index (χ1v) is 15.4. The van der Waals surface area contributed by atoms with Gasteiger partial charge in [-0.25, -0.2) is 14.2 Å². The molecule has 2 aliphatic rings. The minimum atomic E-state index is -0.858. The average molecular weight is 603 g/mol. The van der Waals surface area contributed by atoms with Crippen molar-refractivity contribution in [3.63, 3.8) is 0 Å². The zero-order chi connectivity index (χ0) is 29.1.